The van der Waals surface area contributed by atoms with E-state index in [2.05, 4.69) is 10.0 Å². The van der Waals surface area contributed by atoms with E-state index >= 15 is 0 Å². The van der Waals surface area contributed by atoms with Crippen LogP contribution < -0.4 is 14.8 Å². The molecule has 0 saturated heterocycles. The number of rotatable bonds is 8. The van der Waals surface area contributed by atoms with Gasteiger partial charge in [-0.25, -0.2) is 13.1 Å². The minimum Gasteiger partial charge on any atom is -0.497 e. The number of hydrogen-bond acceptors (Lipinski definition) is 4. The van der Waals surface area contributed by atoms with Crippen molar-refractivity contribution in [2.45, 2.75) is 17.9 Å². The number of nitrogens with one attached hydrogen (secondary N) is 2. The molecule has 0 radical (unpaired) electrons. The minimum atomic E-state index is -3.60. The van der Waals surface area contributed by atoms with E-state index in [-0.39, 0.29) is 17.5 Å². The molecule has 0 fully saturated rings. The molecule has 0 unspecified atom stereocenters. The summed E-state index contributed by atoms with van der Waals surface area (Å²) in [5, 5.41) is 3.40. The summed E-state index contributed by atoms with van der Waals surface area (Å²) in [7, 11) is -1.99. The van der Waals surface area contributed by atoms with Crippen molar-refractivity contribution in [1.82, 2.24) is 4.72 Å². The number of hydrogen-bond donors (Lipinski definition) is 2. The molecule has 0 amide bonds. The van der Waals surface area contributed by atoms with Crippen molar-refractivity contribution in [2.24, 2.45) is 0 Å². The Morgan fingerprint density at radius 2 is 1.64 bits per heavy atom. The summed E-state index contributed by atoms with van der Waals surface area (Å²) in [6.07, 6.45) is 0. The van der Waals surface area contributed by atoms with Crippen molar-refractivity contribution < 1.29 is 13.2 Å². The molecule has 0 bridgehead atoms. The number of sulfonamides is 1. The molecular weight excluding hydrogens is 372 g/mol. The standard InChI is InChI=1S/C22H24N2O3S/c1-17-11-13-21(14-12-17)28(25,26)23-16-22(18-7-4-3-5-8-18)24-19-9-6-10-20(15-19)27-2/h3-15,22-24H,16H2,1-2H3/t22-/m1/s1. The van der Waals surface area contributed by atoms with Gasteiger partial charge >= 0.3 is 0 Å². The van der Waals surface area contributed by atoms with Gasteiger partial charge in [0, 0.05) is 18.3 Å². The molecule has 3 rings (SSSR count). The third kappa shape index (κ3) is 5.12. The van der Waals surface area contributed by atoms with Crippen LogP contribution in [0.25, 0.3) is 0 Å². The van der Waals surface area contributed by atoms with Crippen LogP contribution in [0.4, 0.5) is 5.69 Å². The second kappa shape index (κ2) is 8.91. The molecule has 28 heavy (non-hydrogen) atoms. The summed E-state index contributed by atoms with van der Waals surface area (Å²) in [6.45, 7) is 2.13. The number of benzene rings is 3. The summed E-state index contributed by atoms with van der Waals surface area (Å²) in [4.78, 5) is 0.256. The minimum absolute atomic E-state index is 0.206. The predicted octanol–water partition coefficient (Wildman–Crippen LogP) is 4.14. The van der Waals surface area contributed by atoms with Crippen LogP contribution in [0.1, 0.15) is 17.2 Å². The third-order valence-corrected chi connectivity index (χ3v) is 5.86. The fraction of sp³-hybridized carbons (Fsp3) is 0.182. The molecule has 3 aromatic rings. The Morgan fingerprint density at radius 3 is 2.32 bits per heavy atom. The summed E-state index contributed by atoms with van der Waals surface area (Å²) in [6, 6.07) is 23.9. The lowest BCUT2D eigenvalue weighted by Gasteiger charge is -2.21. The van der Waals surface area contributed by atoms with Crippen LogP contribution in [0.3, 0.4) is 0 Å². The Bertz CT molecular complexity index is 1000. The quantitative estimate of drug-likeness (QED) is 0.601. The van der Waals surface area contributed by atoms with Gasteiger partial charge < -0.3 is 10.1 Å². The molecule has 0 aliphatic heterocycles. The average Bonchev–Trinajstić information content (AvgIpc) is 2.72. The SMILES string of the molecule is COc1cccc(N[C@H](CNS(=O)(=O)c2ccc(C)cc2)c2ccccc2)c1. The summed E-state index contributed by atoms with van der Waals surface area (Å²) in [5.41, 5.74) is 2.85. The van der Waals surface area contributed by atoms with Crippen LogP contribution in [-0.2, 0) is 10.0 Å². The number of methoxy groups -OCH3 is 1. The lowest BCUT2D eigenvalue weighted by molar-refractivity contribution is 0.415. The van der Waals surface area contributed by atoms with Gasteiger partial charge in [0.15, 0.2) is 0 Å². The number of ether oxygens (including phenoxy) is 1. The monoisotopic (exact) mass is 396 g/mol. The van der Waals surface area contributed by atoms with Crippen LogP contribution in [-0.4, -0.2) is 22.1 Å². The maximum Gasteiger partial charge on any atom is 0.240 e. The molecule has 3 aromatic carbocycles. The number of aryl methyl sites for hydroxylation is 1. The average molecular weight is 397 g/mol. The third-order valence-electron chi connectivity index (χ3n) is 4.42. The Morgan fingerprint density at radius 1 is 0.929 bits per heavy atom. The molecule has 0 heterocycles. The first-order valence-corrected chi connectivity index (χ1v) is 10.5. The van der Waals surface area contributed by atoms with E-state index in [1.165, 1.54) is 0 Å². The van der Waals surface area contributed by atoms with Crippen LogP contribution in [0.15, 0.2) is 83.8 Å². The number of anilines is 1. The van der Waals surface area contributed by atoms with Gasteiger partial charge in [-0.1, -0.05) is 54.1 Å². The molecule has 0 aliphatic carbocycles. The Labute approximate surface area is 166 Å². The normalized spacial score (nSPS) is 12.4. The van der Waals surface area contributed by atoms with Crippen molar-refractivity contribution >= 4 is 15.7 Å². The van der Waals surface area contributed by atoms with Crippen molar-refractivity contribution in [2.75, 3.05) is 19.0 Å². The van der Waals surface area contributed by atoms with E-state index in [0.717, 1.165) is 22.6 Å². The Kier molecular flexibility index (Phi) is 6.34. The summed E-state index contributed by atoms with van der Waals surface area (Å²) >= 11 is 0. The zero-order valence-electron chi connectivity index (χ0n) is 15.9. The second-order valence-electron chi connectivity index (χ2n) is 6.50. The van der Waals surface area contributed by atoms with Gasteiger partial charge in [-0.3, -0.25) is 0 Å². The van der Waals surface area contributed by atoms with Gasteiger partial charge in [-0.15, -0.1) is 0 Å². The van der Waals surface area contributed by atoms with E-state index in [9.17, 15) is 8.42 Å². The molecule has 0 saturated carbocycles. The van der Waals surface area contributed by atoms with Crippen molar-refractivity contribution in [3.63, 3.8) is 0 Å². The fourth-order valence-corrected chi connectivity index (χ4v) is 3.89. The smallest absolute Gasteiger partial charge is 0.240 e. The van der Waals surface area contributed by atoms with Crippen molar-refractivity contribution in [1.29, 1.82) is 0 Å². The van der Waals surface area contributed by atoms with Crippen LogP contribution in [0.5, 0.6) is 5.75 Å². The van der Waals surface area contributed by atoms with Gasteiger partial charge in [-0.2, -0.15) is 0 Å². The summed E-state index contributed by atoms with van der Waals surface area (Å²) < 4.78 is 33.3. The molecule has 6 heteroatoms. The second-order valence-corrected chi connectivity index (χ2v) is 8.27. The topological polar surface area (TPSA) is 67.4 Å². The first kappa shape index (κ1) is 19.9. The highest BCUT2D eigenvalue weighted by atomic mass is 32.2. The molecular formula is C22H24N2O3S. The van der Waals surface area contributed by atoms with Gasteiger partial charge in [-0.05, 0) is 36.8 Å². The van der Waals surface area contributed by atoms with Gasteiger partial charge in [0.25, 0.3) is 0 Å². The maximum absolute atomic E-state index is 12.7. The van der Waals surface area contributed by atoms with E-state index < -0.39 is 10.0 Å². The van der Waals surface area contributed by atoms with Gasteiger partial charge in [0.2, 0.25) is 10.0 Å². The van der Waals surface area contributed by atoms with Crippen molar-refractivity contribution in [3.8, 4) is 5.75 Å². The van der Waals surface area contributed by atoms with Gasteiger partial charge in [0.1, 0.15) is 5.75 Å². The molecule has 1 atom stereocenters. The molecule has 0 spiro atoms. The highest BCUT2D eigenvalue weighted by Gasteiger charge is 2.18. The van der Waals surface area contributed by atoms with Crippen molar-refractivity contribution in [3.05, 3.63) is 90.0 Å². The highest BCUT2D eigenvalue weighted by molar-refractivity contribution is 7.89. The Balaban J connectivity index is 1.80. The van der Waals surface area contributed by atoms with E-state index in [1.54, 1.807) is 31.4 Å². The van der Waals surface area contributed by atoms with E-state index in [1.807, 2.05) is 61.5 Å². The van der Waals surface area contributed by atoms with E-state index in [0.29, 0.717) is 0 Å². The molecule has 5 nitrogen and oxygen atoms in total. The lowest BCUT2D eigenvalue weighted by Crippen LogP contribution is -2.31. The van der Waals surface area contributed by atoms with Crippen LogP contribution in [0.2, 0.25) is 0 Å². The maximum atomic E-state index is 12.7. The van der Waals surface area contributed by atoms with Gasteiger partial charge in [0.05, 0.1) is 18.0 Å². The molecule has 2 N–H and O–H groups in total. The first-order chi connectivity index (χ1) is 13.5. The zero-order valence-corrected chi connectivity index (χ0v) is 16.7. The van der Waals surface area contributed by atoms with Crippen LogP contribution >= 0.6 is 0 Å². The zero-order chi connectivity index (χ0) is 20.0. The predicted molar refractivity (Wildman–Crippen MR) is 112 cm³/mol. The summed E-state index contributed by atoms with van der Waals surface area (Å²) in [5.74, 6) is 0.733. The van der Waals surface area contributed by atoms with E-state index in [4.69, 9.17) is 4.74 Å². The molecule has 0 aliphatic rings. The largest absolute Gasteiger partial charge is 0.497 e. The first-order valence-electron chi connectivity index (χ1n) is 9.00. The molecule has 0 aromatic heterocycles. The Hall–Kier alpha value is -2.83. The molecule has 146 valence electrons. The van der Waals surface area contributed by atoms with Crippen LogP contribution in [0, 0.1) is 6.92 Å². The fourth-order valence-electron chi connectivity index (χ4n) is 2.85. The lowest BCUT2D eigenvalue weighted by atomic mass is 10.1. The highest BCUT2D eigenvalue weighted by Crippen LogP contribution is 2.23.